The average Bonchev–Trinajstić information content (AvgIpc) is 2.15. The molecule has 0 aromatic heterocycles. The summed E-state index contributed by atoms with van der Waals surface area (Å²) in [7, 11) is 0. The Hall–Kier alpha value is -1.57. The van der Waals surface area contributed by atoms with Crippen molar-refractivity contribution in [2.75, 3.05) is 5.32 Å². The van der Waals surface area contributed by atoms with Crippen LogP contribution < -0.4 is 5.32 Å². The quantitative estimate of drug-likeness (QED) is 0.728. The molecule has 1 amide bonds. The van der Waals surface area contributed by atoms with Crippen LogP contribution in [0.15, 0.2) is 36.4 Å². The minimum absolute atomic E-state index is 0.0718. The summed E-state index contributed by atoms with van der Waals surface area (Å²) in [4.78, 5) is 11.3. The molecule has 0 bridgehead atoms. The van der Waals surface area contributed by atoms with Crippen molar-refractivity contribution in [2.45, 2.75) is 20.3 Å². The van der Waals surface area contributed by atoms with Crippen LogP contribution in [0.2, 0.25) is 0 Å². The van der Waals surface area contributed by atoms with Crippen LogP contribution in [0.25, 0.3) is 0 Å². The number of carbonyl (C=O) groups excluding carboxylic acids is 1. The lowest BCUT2D eigenvalue weighted by Crippen LogP contribution is -2.07. The molecule has 0 atom stereocenters. The second-order valence-electron chi connectivity index (χ2n) is 3.17. The van der Waals surface area contributed by atoms with E-state index in [0.29, 0.717) is 0 Å². The largest absolute Gasteiger partial charge is 0.323 e. The van der Waals surface area contributed by atoms with Crippen LogP contribution in [0.5, 0.6) is 0 Å². The zero-order valence-corrected chi connectivity index (χ0v) is 8.58. The van der Waals surface area contributed by atoms with Gasteiger partial charge in [0.25, 0.3) is 0 Å². The molecule has 0 aliphatic carbocycles. The molecule has 0 unspecified atom stereocenters. The molecule has 0 saturated heterocycles. The van der Waals surface area contributed by atoms with Crippen LogP contribution in [0.1, 0.15) is 18.9 Å². The Morgan fingerprint density at radius 1 is 1.50 bits per heavy atom. The van der Waals surface area contributed by atoms with Gasteiger partial charge in [-0.15, -0.1) is 0 Å². The minimum atomic E-state index is -0.0718. The van der Waals surface area contributed by atoms with E-state index in [1.165, 1.54) is 0 Å². The number of aryl methyl sites for hydroxylation is 1. The van der Waals surface area contributed by atoms with Gasteiger partial charge in [-0.05, 0) is 37.1 Å². The maximum absolute atomic E-state index is 11.3. The van der Waals surface area contributed by atoms with E-state index in [1.54, 1.807) is 6.08 Å². The van der Waals surface area contributed by atoms with Crippen molar-refractivity contribution >= 4 is 11.6 Å². The van der Waals surface area contributed by atoms with Crippen LogP contribution in [0, 0.1) is 6.92 Å². The molecule has 0 spiro atoms. The number of amides is 1. The first-order valence-electron chi connectivity index (χ1n) is 4.76. The lowest BCUT2D eigenvalue weighted by atomic mass is 10.2. The molecular weight excluding hydrogens is 174 g/mol. The third-order valence-electron chi connectivity index (χ3n) is 1.79. The zero-order chi connectivity index (χ0) is 10.4. The molecule has 0 fully saturated rings. The van der Waals surface area contributed by atoms with Crippen LogP contribution >= 0.6 is 0 Å². The SMILES string of the molecule is CC/C=C\C(=O)Nc1cccc(C)c1. The molecule has 1 aromatic carbocycles. The number of nitrogens with one attached hydrogen (secondary N) is 1. The van der Waals surface area contributed by atoms with Crippen LogP contribution in [-0.4, -0.2) is 5.91 Å². The molecule has 74 valence electrons. The van der Waals surface area contributed by atoms with E-state index in [9.17, 15) is 4.79 Å². The fourth-order valence-electron chi connectivity index (χ4n) is 1.13. The Morgan fingerprint density at radius 3 is 2.93 bits per heavy atom. The van der Waals surface area contributed by atoms with Gasteiger partial charge < -0.3 is 5.32 Å². The van der Waals surface area contributed by atoms with Gasteiger partial charge in [-0.1, -0.05) is 25.1 Å². The van der Waals surface area contributed by atoms with Crippen molar-refractivity contribution in [1.29, 1.82) is 0 Å². The van der Waals surface area contributed by atoms with Gasteiger partial charge in [-0.2, -0.15) is 0 Å². The van der Waals surface area contributed by atoms with Gasteiger partial charge >= 0.3 is 0 Å². The van der Waals surface area contributed by atoms with Gasteiger partial charge in [0.05, 0.1) is 0 Å². The molecule has 0 aliphatic rings. The summed E-state index contributed by atoms with van der Waals surface area (Å²) < 4.78 is 0. The first-order chi connectivity index (χ1) is 6.72. The number of benzene rings is 1. The number of hydrogen-bond donors (Lipinski definition) is 1. The normalized spacial score (nSPS) is 10.4. The third-order valence-corrected chi connectivity index (χ3v) is 1.79. The standard InChI is InChI=1S/C12H15NO/c1-3-4-8-12(14)13-11-7-5-6-10(2)9-11/h4-9H,3H2,1-2H3,(H,13,14)/b8-4-. The number of carbonyl (C=O) groups is 1. The van der Waals surface area contributed by atoms with E-state index >= 15 is 0 Å². The fourth-order valence-corrected chi connectivity index (χ4v) is 1.13. The Balaban J connectivity index is 2.60. The molecule has 14 heavy (non-hydrogen) atoms. The van der Waals surface area contributed by atoms with E-state index in [-0.39, 0.29) is 5.91 Å². The summed E-state index contributed by atoms with van der Waals surface area (Å²) in [5, 5.41) is 2.79. The Kier molecular flexibility index (Phi) is 3.92. The molecular formula is C12H15NO. The highest BCUT2D eigenvalue weighted by Gasteiger charge is 1.96. The minimum Gasteiger partial charge on any atom is -0.323 e. The van der Waals surface area contributed by atoms with Gasteiger partial charge in [0.15, 0.2) is 0 Å². The molecule has 0 heterocycles. The highest BCUT2D eigenvalue weighted by molar-refractivity contribution is 5.99. The van der Waals surface area contributed by atoms with Gasteiger partial charge in [0, 0.05) is 5.69 Å². The predicted octanol–water partition coefficient (Wildman–Crippen LogP) is 2.90. The van der Waals surface area contributed by atoms with Crippen LogP contribution in [-0.2, 0) is 4.79 Å². The number of allylic oxidation sites excluding steroid dienone is 1. The van der Waals surface area contributed by atoms with Gasteiger partial charge in [0.2, 0.25) is 5.91 Å². The zero-order valence-electron chi connectivity index (χ0n) is 8.58. The van der Waals surface area contributed by atoms with Crippen molar-refractivity contribution in [2.24, 2.45) is 0 Å². The van der Waals surface area contributed by atoms with Gasteiger partial charge in [-0.3, -0.25) is 4.79 Å². The Morgan fingerprint density at radius 2 is 2.29 bits per heavy atom. The maximum Gasteiger partial charge on any atom is 0.248 e. The number of rotatable bonds is 3. The molecule has 2 nitrogen and oxygen atoms in total. The van der Waals surface area contributed by atoms with Crippen molar-refractivity contribution in [3.8, 4) is 0 Å². The number of hydrogen-bond acceptors (Lipinski definition) is 1. The van der Waals surface area contributed by atoms with Crippen LogP contribution in [0.4, 0.5) is 5.69 Å². The molecule has 1 N–H and O–H groups in total. The van der Waals surface area contributed by atoms with Crippen molar-refractivity contribution in [1.82, 2.24) is 0 Å². The van der Waals surface area contributed by atoms with Crippen molar-refractivity contribution < 1.29 is 4.79 Å². The summed E-state index contributed by atoms with van der Waals surface area (Å²) in [5.41, 5.74) is 1.98. The van der Waals surface area contributed by atoms with E-state index in [2.05, 4.69) is 5.32 Å². The van der Waals surface area contributed by atoms with E-state index < -0.39 is 0 Å². The fraction of sp³-hybridized carbons (Fsp3) is 0.250. The van der Waals surface area contributed by atoms with E-state index in [1.807, 2.05) is 44.2 Å². The lowest BCUT2D eigenvalue weighted by molar-refractivity contribution is -0.111. The van der Waals surface area contributed by atoms with Crippen LogP contribution in [0.3, 0.4) is 0 Å². The van der Waals surface area contributed by atoms with Crippen molar-refractivity contribution in [3.63, 3.8) is 0 Å². The molecule has 0 aliphatic heterocycles. The molecule has 0 saturated carbocycles. The lowest BCUT2D eigenvalue weighted by Gasteiger charge is -2.02. The topological polar surface area (TPSA) is 29.1 Å². The van der Waals surface area contributed by atoms with Crippen molar-refractivity contribution in [3.05, 3.63) is 42.0 Å². The highest BCUT2D eigenvalue weighted by Crippen LogP contribution is 2.09. The Labute approximate surface area is 84.6 Å². The first kappa shape index (κ1) is 10.5. The highest BCUT2D eigenvalue weighted by atomic mass is 16.1. The molecule has 0 radical (unpaired) electrons. The molecule has 2 heteroatoms. The second kappa shape index (κ2) is 5.22. The number of anilines is 1. The summed E-state index contributed by atoms with van der Waals surface area (Å²) in [6.45, 7) is 3.99. The Bertz CT molecular complexity index is 342. The second-order valence-corrected chi connectivity index (χ2v) is 3.17. The summed E-state index contributed by atoms with van der Waals surface area (Å²) in [5.74, 6) is -0.0718. The predicted molar refractivity (Wildman–Crippen MR) is 59.2 cm³/mol. The first-order valence-corrected chi connectivity index (χ1v) is 4.76. The monoisotopic (exact) mass is 189 g/mol. The molecule has 1 rings (SSSR count). The third kappa shape index (κ3) is 3.44. The summed E-state index contributed by atoms with van der Waals surface area (Å²) in [6.07, 6.45) is 4.27. The summed E-state index contributed by atoms with van der Waals surface area (Å²) >= 11 is 0. The molecule has 1 aromatic rings. The average molecular weight is 189 g/mol. The smallest absolute Gasteiger partial charge is 0.248 e. The van der Waals surface area contributed by atoms with Gasteiger partial charge in [0.1, 0.15) is 0 Å². The van der Waals surface area contributed by atoms with E-state index in [0.717, 1.165) is 17.7 Å². The van der Waals surface area contributed by atoms with E-state index in [4.69, 9.17) is 0 Å². The maximum atomic E-state index is 11.3. The summed E-state index contributed by atoms with van der Waals surface area (Å²) in [6, 6.07) is 7.74. The van der Waals surface area contributed by atoms with Gasteiger partial charge in [-0.25, -0.2) is 0 Å².